The van der Waals surface area contributed by atoms with Crippen molar-refractivity contribution < 1.29 is 19.1 Å². The molecule has 0 bridgehead atoms. The summed E-state index contributed by atoms with van der Waals surface area (Å²) < 4.78 is 10.9. The lowest BCUT2D eigenvalue weighted by Crippen LogP contribution is -2.47. The van der Waals surface area contributed by atoms with E-state index in [0.717, 1.165) is 37.7 Å². The molecule has 152 valence electrons. The summed E-state index contributed by atoms with van der Waals surface area (Å²) in [4.78, 5) is 25.5. The van der Waals surface area contributed by atoms with Crippen molar-refractivity contribution in [1.82, 2.24) is 5.32 Å². The predicted molar refractivity (Wildman–Crippen MR) is 110 cm³/mol. The Morgan fingerprint density at radius 1 is 0.966 bits per heavy atom. The van der Waals surface area contributed by atoms with Crippen molar-refractivity contribution in [1.29, 1.82) is 0 Å². The molecule has 0 radical (unpaired) electrons. The Kier molecular flexibility index (Phi) is 5.62. The quantitative estimate of drug-likeness (QED) is 0.774. The van der Waals surface area contributed by atoms with Crippen molar-refractivity contribution in [3.8, 4) is 11.5 Å². The lowest BCUT2D eigenvalue weighted by molar-refractivity contribution is -0.129. The summed E-state index contributed by atoms with van der Waals surface area (Å²) in [5, 5.41) is 6.20. The summed E-state index contributed by atoms with van der Waals surface area (Å²) in [5.74, 6) is 0.961. The zero-order valence-electron chi connectivity index (χ0n) is 16.0. The van der Waals surface area contributed by atoms with E-state index in [1.165, 1.54) is 0 Å². The third-order valence-corrected chi connectivity index (χ3v) is 5.86. The molecule has 4 rings (SSSR count). The van der Waals surface area contributed by atoms with Gasteiger partial charge in [0.15, 0.2) is 11.5 Å². The maximum absolute atomic E-state index is 13.2. The molecular weight excluding hydrogens is 392 g/mol. The molecule has 1 saturated carbocycles. The van der Waals surface area contributed by atoms with Gasteiger partial charge in [0.25, 0.3) is 0 Å². The molecule has 2 aromatic rings. The molecular formula is C22H23ClN2O4. The average molecular weight is 415 g/mol. The van der Waals surface area contributed by atoms with Crippen molar-refractivity contribution in [2.45, 2.75) is 37.5 Å². The van der Waals surface area contributed by atoms with Gasteiger partial charge in [-0.15, -0.1) is 0 Å². The number of hydrogen-bond acceptors (Lipinski definition) is 4. The average Bonchev–Trinajstić information content (AvgIpc) is 3.22. The van der Waals surface area contributed by atoms with Crippen molar-refractivity contribution >= 4 is 29.1 Å². The van der Waals surface area contributed by atoms with Gasteiger partial charge >= 0.3 is 0 Å². The fourth-order valence-electron chi connectivity index (χ4n) is 4.06. The van der Waals surface area contributed by atoms with Crippen molar-refractivity contribution in [3.63, 3.8) is 0 Å². The highest BCUT2D eigenvalue weighted by molar-refractivity contribution is 6.30. The zero-order valence-corrected chi connectivity index (χ0v) is 16.8. The first-order chi connectivity index (χ1) is 14.1. The molecule has 0 aromatic heterocycles. The Bertz CT molecular complexity index is 908. The maximum Gasteiger partial charge on any atom is 0.243 e. The van der Waals surface area contributed by atoms with Gasteiger partial charge in [0.1, 0.15) is 0 Å². The van der Waals surface area contributed by atoms with E-state index in [1.54, 1.807) is 24.3 Å². The largest absolute Gasteiger partial charge is 0.454 e. The first kappa shape index (κ1) is 19.6. The molecule has 0 unspecified atom stereocenters. The summed E-state index contributed by atoms with van der Waals surface area (Å²) in [6.07, 6.45) is 4.54. The van der Waals surface area contributed by atoms with Gasteiger partial charge in [0.2, 0.25) is 18.6 Å². The van der Waals surface area contributed by atoms with Gasteiger partial charge in [0, 0.05) is 10.7 Å². The lowest BCUT2D eigenvalue weighted by Gasteiger charge is -2.36. The number of amides is 2. The Hall–Kier alpha value is -2.73. The van der Waals surface area contributed by atoms with Gasteiger partial charge in [-0.1, -0.05) is 36.9 Å². The second kappa shape index (κ2) is 8.33. The minimum absolute atomic E-state index is 0.0895. The van der Waals surface area contributed by atoms with E-state index in [1.807, 2.05) is 18.2 Å². The molecule has 0 saturated heterocycles. The second-order valence-electron chi connectivity index (χ2n) is 7.45. The van der Waals surface area contributed by atoms with Crippen LogP contribution in [0.1, 0.15) is 37.7 Å². The molecule has 1 aliphatic heterocycles. The van der Waals surface area contributed by atoms with Crippen LogP contribution in [0.2, 0.25) is 5.02 Å². The molecule has 1 aliphatic carbocycles. The van der Waals surface area contributed by atoms with Crippen LogP contribution in [0.3, 0.4) is 0 Å². The van der Waals surface area contributed by atoms with Gasteiger partial charge in [0.05, 0.1) is 12.0 Å². The molecule has 29 heavy (non-hydrogen) atoms. The predicted octanol–water partition coefficient (Wildman–Crippen LogP) is 4.03. The number of nitrogens with one attached hydrogen (secondary N) is 2. The van der Waals surface area contributed by atoms with Gasteiger partial charge in [-0.25, -0.2) is 0 Å². The molecule has 2 aliphatic rings. The summed E-state index contributed by atoms with van der Waals surface area (Å²) in [5.41, 5.74) is 0.897. The van der Waals surface area contributed by atoms with Crippen LogP contribution in [0, 0.1) is 0 Å². The number of hydrogen-bond donors (Lipinski definition) is 2. The number of carbonyl (C=O) groups is 2. The highest BCUT2D eigenvalue weighted by atomic mass is 35.5. The van der Waals surface area contributed by atoms with Gasteiger partial charge < -0.3 is 20.1 Å². The topological polar surface area (TPSA) is 76.7 Å². The summed E-state index contributed by atoms with van der Waals surface area (Å²) in [6.45, 7) is 0.108. The van der Waals surface area contributed by atoms with Crippen molar-refractivity contribution in [2.75, 3.05) is 18.7 Å². The number of ether oxygens (including phenoxy) is 2. The fraction of sp³-hybridized carbons (Fsp3) is 0.364. The lowest BCUT2D eigenvalue weighted by atomic mass is 9.68. The molecule has 0 spiro atoms. The van der Waals surface area contributed by atoms with Crippen LogP contribution in [0.5, 0.6) is 11.5 Å². The molecule has 2 amide bonds. The first-order valence-electron chi connectivity index (χ1n) is 9.81. The van der Waals surface area contributed by atoms with Crippen LogP contribution in [0.25, 0.3) is 0 Å². The third-order valence-electron chi connectivity index (χ3n) is 5.60. The highest BCUT2D eigenvalue weighted by Gasteiger charge is 2.41. The number of anilines is 1. The minimum atomic E-state index is -0.653. The molecule has 2 N–H and O–H groups in total. The van der Waals surface area contributed by atoms with E-state index in [2.05, 4.69) is 10.6 Å². The molecule has 7 heteroatoms. The molecule has 2 aromatic carbocycles. The van der Waals surface area contributed by atoms with E-state index in [4.69, 9.17) is 21.1 Å². The standard InChI is InChI=1S/C22H23ClN2O4/c23-16-5-7-17(8-6-16)25-20(26)13-24-21(27)22(10-2-1-3-11-22)15-4-9-18-19(12-15)29-14-28-18/h4-9,12H,1-3,10-11,13-14H2,(H,24,27)(H,25,26). The van der Waals surface area contributed by atoms with E-state index in [0.29, 0.717) is 22.2 Å². The SMILES string of the molecule is O=C(CNC(=O)C1(c2ccc3c(c2)OCO3)CCCCC1)Nc1ccc(Cl)cc1. The van der Waals surface area contributed by atoms with Crippen LogP contribution in [-0.4, -0.2) is 25.2 Å². The Balaban J connectivity index is 1.46. The van der Waals surface area contributed by atoms with Crippen molar-refractivity contribution in [2.24, 2.45) is 0 Å². The van der Waals surface area contributed by atoms with Crippen LogP contribution in [0.15, 0.2) is 42.5 Å². The molecule has 1 fully saturated rings. The Morgan fingerprint density at radius 3 is 2.45 bits per heavy atom. The second-order valence-corrected chi connectivity index (χ2v) is 7.88. The molecule has 6 nitrogen and oxygen atoms in total. The minimum Gasteiger partial charge on any atom is -0.454 e. The number of rotatable bonds is 5. The van der Waals surface area contributed by atoms with E-state index in [9.17, 15) is 9.59 Å². The van der Waals surface area contributed by atoms with Crippen LogP contribution < -0.4 is 20.1 Å². The van der Waals surface area contributed by atoms with E-state index in [-0.39, 0.29) is 25.2 Å². The number of carbonyl (C=O) groups excluding carboxylic acids is 2. The van der Waals surface area contributed by atoms with Crippen LogP contribution in [0.4, 0.5) is 5.69 Å². The summed E-state index contributed by atoms with van der Waals surface area (Å²) in [7, 11) is 0. The van der Waals surface area contributed by atoms with Gasteiger partial charge in [-0.05, 0) is 54.8 Å². The molecule has 1 heterocycles. The maximum atomic E-state index is 13.2. The number of halogens is 1. The summed E-state index contributed by atoms with van der Waals surface area (Å²) in [6, 6.07) is 12.5. The zero-order chi connectivity index (χ0) is 20.3. The van der Waals surface area contributed by atoms with E-state index < -0.39 is 5.41 Å². The Labute approximate surface area is 174 Å². The fourth-order valence-corrected chi connectivity index (χ4v) is 4.19. The van der Waals surface area contributed by atoms with Crippen LogP contribution >= 0.6 is 11.6 Å². The van der Waals surface area contributed by atoms with Gasteiger partial charge in [-0.2, -0.15) is 0 Å². The third kappa shape index (κ3) is 4.17. The molecule has 0 atom stereocenters. The summed E-state index contributed by atoms with van der Waals surface area (Å²) >= 11 is 5.86. The monoisotopic (exact) mass is 414 g/mol. The normalized spacial score (nSPS) is 16.9. The Morgan fingerprint density at radius 2 is 1.69 bits per heavy atom. The number of fused-ring (bicyclic) bond motifs is 1. The smallest absolute Gasteiger partial charge is 0.243 e. The first-order valence-corrected chi connectivity index (χ1v) is 10.2. The van der Waals surface area contributed by atoms with Gasteiger partial charge in [-0.3, -0.25) is 9.59 Å². The van der Waals surface area contributed by atoms with Crippen LogP contribution in [-0.2, 0) is 15.0 Å². The number of benzene rings is 2. The van der Waals surface area contributed by atoms with Crippen molar-refractivity contribution in [3.05, 3.63) is 53.1 Å². The highest BCUT2D eigenvalue weighted by Crippen LogP contribution is 2.43. The van der Waals surface area contributed by atoms with E-state index >= 15 is 0 Å².